The molecule has 8 nitrogen and oxygen atoms in total. The van der Waals surface area contributed by atoms with Crippen molar-refractivity contribution in [3.63, 3.8) is 0 Å². The van der Waals surface area contributed by atoms with E-state index < -0.39 is 10.8 Å². The number of non-ortho nitro benzene ring substituents is 1. The predicted molar refractivity (Wildman–Crippen MR) is 86.5 cm³/mol. The van der Waals surface area contributed by atoms with Crippen LogP contribution in [-0.4, -0.2) is 15.8 Å². The number of benzene rings is 1. The number of amides is 1. The summed E-state index contributed by atoms with van der Waals surface area (Å²) in [5, 5.41) is 25.1. The number of nitro groups is 1. The minimum atomic E-state index is -0.661. The summed E-state index contributed by atoms with van der Waals surface area (Å²) in [6.07, 6.45) is 2.92. The van der Waals surface area contributed by atoms with Crippen molar-refractivity contribution < 1.29 is 9.72 Å². The first kappa shape index (κ1) is 16.6. The highest BCUT2D eigenvalue weighted by Crippen LogP contribution is 2.17. The van der Waals surface area contributed by atoms with E-state index in [-0.39, 0.29) is 16.9 Å². The zero-order chi connectivity index (χ0) is 17.4. The van der Waals surface area contributed by atoms with Gasteiger partial charge in [-0.25, -0.2) is 0 Å². The van der Waals surface area contributed by atoms with Gasteiger partial charge in [-0.3, -0.25) is 19.9 Å². The Kier molecular flexibility index (Phi) is 5.58. The molecule has 0 radical (unpaired) electrons. The summed E-state index contributed by atoms with van der Waals surface area (Å²) in [5.74, 6) is -0.661. The molecule has 0 aliphatic heterocycles. The fourth-order valence-corrected chi connectivity index (χ4v) is 1.80. The molecular weight excluding hydrogens is 310 g/mol. The van der Waals surface area contributed by atoms with Gasteiger partial charge in [0.1, 0.15) is 11.6 Å². The number of aromatic nitrogens is 1. The molecule has 2 N–H and O–H groups in total. The molecule has 0 unspecified atom stereocenters. The summed E-state index contributed by atoms with van der Waals surface area (Å²) < 4.78 is 0. The van der Waals surface area contributed by atoms with Crippen LogP contribution in [0, 0.1) is 21.4 Å². The lowest BCUT2D eigenvalue weighted by Crippen LogP contribution is -2.17. The highest BCUT2D eigenvalue weighted by Gasteiger charge is 2.11. The van der Waals surface area contributed by atoms with Gasteiger partial charge in [-0.1, -0.05) is 12.1 Å². The first-order chi connectivity index (χ1) is 11.6. The van der Waals surface area contributed by atoms with E-state index in [9.17, 15) is 14.9 Å². The molecule has 8 heteroatoms. The topological polar surface area (TPSA) is 121 Å². The molecule has 1 aromatic carbocycles. The monoisotopic (exact) mass is 323 g/mol. The quantitative estimate of drug-likeness (QED) is 0.363. The Morgan fingerprint density at radius 3 is 2.83 bits per heavy atom. The van der Waals surface area contributed by atoms with E-state index in [1.54, 1.807) is 24.4 Å². The largest absolute Gasteiger partial charge is 0.384 e. The second-order valence-electron chi connectivity index (χ2n) is 4.63. The van der Waals surface area contributed by atoms with Crippen LogP contribution in [-0.2, 0) is 11.3 Å². The van der Waals surface area contributed by atoms with Crippen molar-refractivity contribution in [2.75, 3.05) is 5.32 Å². The van der Waals surface area contributed by atoms with Gasteiger partial charge in [0.05, 0.1) is 17.2 Å². The number of hydrogen-bond acceptors (Lipinski definition) is 6. The van der Waals surface area contributed by atoms with E-state index in [1.807, 2.05) is 6.07 Å². The van der Waals surface area contributed by atoms with Gasteiger partial charge in [0.25, 0.3) is 11.6 Å². The summed E-state index contributed by atoms with van der Waals surface area (Å²) in [4.78, 5) is 26.3. The van der Waals surface area contributed by atoms with Crippen molar-refractivity contribution in [2.45, 2.75) is 6.54 Å². The van der Waals surface area contributed by atoms with Gasteiger partial charge in [-0.2, -0.15) is 5.26 Å². The van der Waals surface area contributed by atoms with Crippen LogP contribution in [0.3, 0.4) is 0 Å². The van der Waals surface area contributed by atoms with E-state index in [1.165, 1.54) is 30.5 Å². The lowest BCUT2D eigenvalue weighted by Gasteiger charge is -2.05. The van der Waals surface area contributed by atoms with Crippen LogP contribution in [0.5, 0.6) is 0 Å². The molecule has 1 aromatic heterocycles. The Labute approximate surface area is 137 Å². The van der Waals surface area contributed by atoms with Gasteiger partial charge in [0.2, 0.25) is 0 Å². The van der Waals surface area contributed by atoms with Gasteiger partial charge in [0, 0.05) is 30.2 Å². The highest BCUT2D eigenvalue weighted by atomic mass is 16.6. The number of carbonyl (C=O) groups is 1. The summed E-state index contributed by atoms with van der Waals surface area (Å²) in [5.41, 5.74) is 0.686. The van der Waals surface area contributed by atoms with Crippen LogP contribution in [0.1, 0.15) is 5.69 Å². The van der Waals surface area contributed by atoms with E-state index in [0.29, 0.717) is 6.54 Å². The molecular formula is C16H13N5O3. The van der Waals surface area contributed by atoms with Crippen molar-refractivity contribution in [1.29, 1.82) is 5.26 Å². The zero-order valence-corrected chi connectivity index (χ0v) is 12.5. The number of nitrogens with one attached hydrogen (secondary N) is 2. The minimum Gasteiger partial charge on any atom is -0.384 e. The molecule has 1 amide bonds. The second-order valence-corrected chi connectivity index (χ2v) is 4.63. The van der Waals surface area contributed by atoms with E-state index in [2.05, 4.69) is 15.6 Å². The number of nitro benzene ring substituents is 1. The normalized spacial score (nSPS) is 10.5. The number of nitrogens with zero attached hydrogens (tertiary/aromatic N) is 3. The Hall–Kier alpha value is -3.73. The number of carbonyl (C=O) groups excluding carboxylic acids is 1. The van der Waals surface area contributed by atoms with Gasteiger partial charge in [0.15, 0.2) is 0 Å². The van der Waals surface area contributed by atoms with Crippen LogP contribution in [0.25, 0.3) is 0 Å². The van der Waals surface area contributed by atoms with Crippen molar-refractivity contribution in [3.8, 4) is 6.07 Å². The number of hydrogen-bond donors (Lipinski definition) is 2. The SMILES string of the molecule is N#C/C(=C/NCc1ccccn1)C(=O)Nc1cccc([N+](=O)[O-])c1. The standard InChI is InChI=1S/C16H13N5O3/c17-9-12(10-18-11-14-4-1-2-7-19-14)16(22)20-13-5-3-6-15(8-13)21(23)24/h1-8,10,18H,11H2,(H,20,22)/b12-10-. The third-order valence-electron chi connectivity index (χ3n) is 2.94. The van der Waals surface area contributed by atoms with E-state index >= 15 is 0 Å². The summed E-state index contributed by atoms with van der Waals surface area (Å²) in [6.45, 7) is 0.357. The van der Waals surface area contributed by atoms with Crippen molar-refractivity contribution in [2.24, 2.45) is 0 Å². The fourth-order valence-electron chi connectivity index (χ4n) is 1.80. The van der Waals surface area contributed by atoms with E-state index in [0.717, 1.165) is 5.69 Å². The second kappa shape index (κ2) is 8.05. The average Bonchev–Trinajstić information content (AvgIpc) is 2.59. The van der Waals surface area contributed by atoms with E-state index in [4.69, 9.17) is 5.26 Å². The molecule has 0 bridgehead atoms. The van der Waals surface area contributed by atoms with Crippen molar-refractivity contribution in [3.05, 3.63) is 76.2 Å². The molecule has 24 heavy (non-hydrogen) atoms. The molecule has 120 valence electrons. The van der Waals surface area contributed by atoms with Crippen molar-refractivity contribution in [1.82, 2.24) is 10.3 Å². The Balaban J connectivity index is 2.01. The maximum atomic E-state index is 12.0. The molecule has 2 aromatic rings. The summed E-state index contributed by atoms with van der Waals surface area (Å²) >= 11 is 0. The molecule has 0 spiro atoms. The molecule has 1 heterocycles. The average molecular weight is 323 g/mol. The molecule has 0 fully saturated rings. The van der Waals surface area contributed by atoms with Gasteiger partial charge >= 0.3 is 0 Å². The maximum absolute atomic E-state index is 12.0. The molecule has 0 atom stereocenters. The molecule has 0 saturated carbocycles. The van der Waals surface area contributed by atoms with Crippen LogP contribution in [0.15, 0.2) is 60.4 Å². The molecule has 0 aliphatic carbocycles. The fraction of sp³-hybridized carbons (Fsp3) is 0.0625. The summed E-state index contributed by atoms with van der Waals surface area (Å²) in [6, 6.07) is 12.7. The Bertz CT molecular complexity index is 812. The third-order valence-corrected chi connectivity index (χ3v) is 2.94. The van der Waals surface area contributed by atoms with Gasteiger partial charge < -0.3 is 10.6 Å². The Morgan fingerprint density at radius 2 is 2.17 bits per heavy atom. The molecule has 0 aliphatic rings. The van der Waals surface area contributed by atoms with Crippen LogP contribution in [0.4, 0.5) is 11.4 Å². The third kappa shape index (κ3) is 4.64. The number of nitriles is 1. The maximum Gasteiger partial charge on any atom is 0.271 e. The lowest BCUT2D eigenvalue weighted by molar-refractivity contribution is -0.384. The molecule has 0 saturated heterocycles. The predicted octanol–water partition coefficient (Wildman–Crippen LogP) is 2.13. The minimum absolute atomic E-state index is 0.149. The van der Waals surface area contributed by atoms with Crippen LogP contribution >= 0.6 is 0 Å². The number of pyridine rings is 1. The highest BCUT2D eigenvalue weighted by molar-refractivity contribution is 6.06. The summed E-state index contributed by atoms with van der Waals surface area (Å²) in [7, 11) is 0. The van der Waals surface area contributed by atoms with Gasteiger partial charge in [-0.05, 0) is 18.2 Å². The van der Waals surface area contributed by atoms with Crippen LogP contribution < -0.4 is 10.6 Å². The van der Waals surface area contributed by atoms with Crippen molar-refractivity contribution >= 4 is 17.3 Å². The first-order valence-electron chi connectivity index (χ1n) is 6.89. The number of anilines is 1. The number of rotatable bonds is 6. The lowest BCUT2D eigenvalue weighted by atomic mass is 10.2. The molecule has 2 rings (SSSR count). The zero-order valence-electron chi connectivity index (χ0n) is 12.5. The Morgan fingerprint density at radius 1 is 1.33 bits per heavy atom. The first-order valence-corrected chi connectivity index (χ1v) is 6.89. The smallest absolute Gasteiger partial charge is 0.271 e. The van der Waals surface area contributed by atoms with Gasteiger partial charge in [-0.15, -0.1) is 0 Å². The van der Waals surface area contributed by atoms with Crippen LogP contribution in [0.2, 0.25) is 0 Å².